The zero-order valence-corrected chi connectivity index (χ0v) is 13.7. The Hall–Kier alpha value is -1.30. The minimum Gasteiger partial charge on any atom is -0.497 e. The largest absolute Gasteiger partial charge is 0.497 e. The third-order valence-electron chi connectivity index (χ3n) is 4.94. The van der Waals surface area contributed by atoms with E-state index >= 15 is 0 Å². The third kappa shape index (κ3) is 3.07. The molecule has 122 valence electrons. The first-order valence-corrected chi connectivity index (χ1v) is 7.97. The average molecular weight is 306 g/mol. The zero-order valence-electron chi connectivity index (χ0n) is 13.7. The number of benzene rings is 1. The molecule has 5 nitrogen and oxygen atoms in total. The molecule has 2 saturated heterocycles. The summed E-state index contributed by atoms with van der Waals surface area (Å²) in [6.07, 6.45) is 0.732. The van der Waals surface area contributed by atoms with Crippen LogP contribution in [0.15, 0.2) is 18.2 Å². The van der Waals surface area contributed by atoms with Gasteiger partial charge in [-0.1, -0.05) is 6.07 Å². The van der Waals surface area contributed by atoms with E-state index in [1.165, 1.54) is 5.56 Å². The van der Waals surface area contributed by atoms with Crippen molar-refractivity contribution in [2.75, 3.05) is 33.9 Å². The average Bonchev–Trinajstić information content (AvgIpc) is 2.87. The van der Waals surface area contributed by atoms with Gasteiger partial charge in [0.25, 0.3) is 0 Å². The maximum atomic E-state index is 9.87. The number of nitrogens with zero attached hydrogens (tertiary/aromatic N) is 2. The molecule has 5 heteroatoms. The zero-order chi connectivity index (χ0) is 15.7. The summed E-state index contributed by atoms with van der Waals surface area (Å²) in [6, 6.07) is 6.97. The van der Waals surface area contributed by atoms with Crippen LogP contribution in [-0.4, -0.2) is 66.9 Å². The van der Waals surface area contributed by atoms with Gasteiger partial charge in [-0.3, -0.25) is 9.80 Å². The van der Waals surface area contributed by atoms with Crippen LogP contribution in [0.4, 0.5) is 0 Å². The molecule has 1 N–H and O–H groups in total. The van der Waals surface area contributed by atoms with Crippen LogP contribution in [0.2, 0.25) is 0 Å². The highest BCUT2D eigenvalue weighted by Gasteiger charge is 2.38. The lowest BCUT2D eigenvalue weighted by molar-refractivity contribution is 0.0523. The monoisotopic (exact) mass is 306 g/mol. The number of hydrogen-bond donors (Lipinski definition) is 1. The van der Waals surface area contributed by atoms with E-state index in [4.69, 9.17) is 9.47 Å². The Labute approximate surface area is 132 Å². The maximum Gasteiger partial charge on any atom is 0.127 e. The van der Waals surface area contributed by atoms with Gasteiger partial charge in [0, 0.05) is 49.9 Å². The Morgan fingerprint density at radius 1 is 1.18 bits per heavy atom. The number of piperazine rings is 1. The number of fused-ring (bicyclic) bond motifs is 1. The smallest absolute Gasteiger partial charge is 0.127 e. The molecule has 0 amide bonds. The Morgan fingerprint density at radius 3 is 2.73 bits per heavy atom. The minimum atomic E-state index is -0.160. The van der Waals surface area contributed by atoms with Gasteiger partial charge in [0.1, 0.15) is 11.5 Å². The van der Waals surface area contributed by atoms with E-state index in [0.29, 0.717) is 12.1 Å². The van der Waals surface area contributed by atoms with Crippen LogP contribution in [0.25, 0.3) is 0 Å². The molecule has 0 radical (unpaired) electrons. The van der Waals surface area contributed by atoms with E-state index in [1.807, 2.05) is 12.1 Å². The normalized spacial score (nSPS) is 29.4. The topological polar surface area (TPSA) is 45.2 Å². The van der Waals surface area contributed by atoms with E-state index in [-0.39, 0.29) is 6.10 Å². The summed E-state index contributed by atoms with van der Waals surface area (Å²) in [7, 11) is 3.37. The van der Waals surface area contributed by atoms with Gasteiger partial charge in [0.15, 0.2) is 0 Å². The molecule has 0 spiro atoms. The fourth-order valence-corrected chi connectivity index (χ4v) is 3.70. The number of ether oxygens (including phenoxy) is 2. The predicted molar refractivity (Wildman–Crippen MR) is 85.4 cm³/mol. The van der Waals surface area contributed by atoms with Gasteiger partial charge in [0.05, 0.1) is 20.3 Å². The molecular weight excluding hydrogens is 280 g/mol. The summed E-state index contributed by atoms with van der Waals surface area (Å²) in [5.41, 5.74) is 1.18. The van der Waals surface area contributed by atoms with Gasteiger partial charge in [-0.05, 0) is 19.4 Å². The number of rotatable bonds is 4. The van der Waals surface area contributed by atoms with Gasteiger partial charge in [-0.15, -0.1) is 0 Å². The standard InChI is InChI=1S/C17H26N2O3/c1-12-8-19-11-15(20)6-14(19)10-18(12)9-13-4-5-16(21-2)7-17(13)22-3/h4-5,7,12,14-15,20H,6,8-11H2,1-3H3/t12-,14-,15-/m1/s1. The molecule has 2 aliphatic heterocycles. The van der Waals surface area contributed by atoms with Crippen molar-refractivity contribution in [3.63, 3.8) is 0 Å². The Balaban J connectivity index is 1.72. The van der Waals surface area contributed by atoms with Crippen LogP contribution >= 0.6 is 0 Å². The number of hydrogen-bond acceptors (Lipinski definition) is 5. The lowest BCUT2D eigenvalue weighted by atomic mass is 10.1. The van der Waals surface area contributed by atoms with Crippen molar-refractivity contribution in [2.45, 2.75) is 38.1 Å². The van der Waals surface area contributed by atoms with Crippen LogP contribution in [0.3, 0.4) is 0 Å². The molecule has 2 heterocycles. The number of aliphatic hydroxyl groups excluding tert-OH is 1. The summed E-state index contributed by atoms with van der Waals surface area (Å²) in [5.74, 6) is 1.69. The van der Waals surface area contributed by atoms with Gasteiger partial charge in [-0.2, -0.15) is 0 Å². The van der Waals surface area contributed by atoms with Gasteiger partial charge < -0.3 is 14.6 Å². The minimum absolute atomic E-state index is 0.160. The van der Waals surface area contributed by atoms with Gasteiger partial charge in [-0.25, -0.2) is 0 Å². The van der Waals surface area contributed by atoms with Crippen molar-refractivity contribution in [3.05, 3.63) is 23.8 Å². The van der Waals surface area contributed by atoms with E-state index < -0.39 is 0 Å². The Bertz CT molecular complexity index is 523. The molecule has 0 aliphatic carbocycles. The van der Waals surface area contributed by atoms with Crippen molar-refractivity contribution >= 4 is 0 Å². The van der Waals surface area contributed by atoms with E-state index in [0.717, 1.165) is 44.1 Å². The molecule has 1 aromatic carbocycles. The number of aliphatic hydroxyl groups is 1. The molecule has 1 aromatic rings. The van der Waals surface area contributed by atoms with Crippen LogP contribution in [0.5, 0.6) is 11.5 Å². The summed E-state index contributed by atoms with van der Waals surface area (Å²) < 4.78 is 10.8. The highest BCUT2D eigenvalue weighted by Crippen LogP contribution is 2.30. The summed E-state index contributed by atoms with van der Waals surface area (Å²) >= 11 is 0. The molecular formula is C17H26N2O3. The van der Waals surface area contributed by atoms with E-state index in [1.54, 1.807) is 14.2 Å². The van der Waals surface area contributed by atoms with E-state index in [2.05, 4.69) is 22.8 Å². The molecule has 3 atom stereocenters. The molecule has 22 heavy (non-hydrogen) atoms. The summed E-state index contributed by atoms with van der Waals surface area (Å²) in [6.45, 7) is 5.99. The fourth-order valence-electron chi connectivity index (χ4n) is 3.70. The van der Waals surface area contributed by atoms with Crippen molar-refractivity contribution < 1.29 is 14.6 Å². The molecule has 2 fully saturated rings. The highest BCUT2D eigenvalue weighted by atomic mass is 16.5. The molecule has 3 rings (SSSR count). The van der Waals surface area contributed by atoms with Gasteiger partial charge >= 0.3 is 0 Å². The van der Waals surface area contributed by atoms with Crippen molar-refractivity contribution in [1.82, 2.24) is 9.80 Å². The second-order valence-corrected chi connectivity index (χ2v) is 6.45. The van der Waals surface area contributed by atoms with Crippen LogP contribution in [-0.2, 0) is 6.54 Å². The van der Waals surface area contributed by atoms with Crippen molar-refractivity contribution in [1.29, 1.82) is 0 Å². The number of methoxy groups -OCH3 is 2. The SMILES string of the molecule is COc1ccc(CN2C[C@H]3C[C@@H](O)CN3C[C@H]2C)c(OC)c1. The molecule has 0 saturated carbocycles. The van der Waals surface area contributed by atoms with Crippen molar-refractivity contribution in [3.8, 4) is 11.5 Å². The first-order chi connectivity index (χ1) is 10.6. The predicted octanol–water partition coefficient (Wildman–Crippen LogP) is 1.34. The third-order valence-corrected chi connectivity index (χ3v) is 4.94. The van der Waals surface area contributed by atoms with E-state index in [9.17, 15) is 5.11 Å². The lowest BCUT2D eigenvalue weighted by Crippen LogP contribution is -2.54. The molecule has 0 bridgehead atoms. The lowest BCUT2D eigenvalue weighted by Gasteiger charge is -2.42. The quantitative estimate of drug-likeness (QED) is 0.909. The first-order valence-electron chi connectivity index (χ1n) is 7.97. The van der Waals surface area contributed by atoms with Crippen molar-refractivity contribution in [2.24, 2.45) is 0 Å². The molecule has 2 aliphatic rings. The second kappa shape index (κ2) is 6.44. The van der Waals surface area contributed by atoms with Crippen LogP contribution < -0.4 is 9.47 Å². The Kier molecular flexibility index (Phi) is 4.57. The highest BCUT2D eigenvalue weighted by molar-refractivity contribution is 5.40. The first kappa shape index (κ1) is 15.6. The molecule has 0 aromatic heterocycles. The summed E-state index contributed by atoms with van der Waals surface area (Å²) in [5, 5.41) is 9.87. The van der Waals surface area contributed by atoms with Crippen LogP contribution in [0, 0.1) is 0 Å². The maximum absolute atomic E-state index is 9.87. The molecule has 0 unspecified atom stereocenters. The second-order valence-electron chi connectivity index (χ2n) is 6.45. The van der Waals surface area contributed by atoms with Gasteiger partial charge in [0.2, 0.25) is 0 Å². The Morgan fingerprint density at radius 2 is 2.00 bits per heavy atom. The summed E-state index contributed by atoms with van der Waals surface area (Å²) in [4.78, 5) is 4.92. The fraction of sp³-hybridized carbons (Fsp3) is 0.647. The van der Waals surface area contributed by atoms with Crippen LogP contribution in [0.1, 0.15) is 18.9 Å².